The number of rotatable bonds is 6. The third-order valence-electron chi connectivity index (χ3n) is 2.18. The molecule has 1 heterocycles. The molecule has 0 unspecified atom stereocenters. The molecule has 0 fully saturated rings. The minimum atomic E-state index is -0.0468. The summed E-state index contributed by atoms with van der Waals surface area (Å²) in [6.07, 6.45) is 2.20. The van der Waals surface area contributed by atoms with Crippen molar-refractivity contribution in [2.45, 2.75) is 33.3 Å². The average molecular weight is 209 g/mol. The molecule has 1 aromatic rings. The molecule has 0 saturated carbocycles. The van der Waals surface area contributed by atoms with Gasteiger partial charge in [-0.05, 0) is 25.0 Å². The Labute approximate surface area is 90.9 Å². The number of aliphatic hydroxyl groups is 1. The third kappa shape index (κ3) is 3.47. The number of hydrogen-bond acceptors (Lipinski definition) is 4. The molecule has 1 rings (SSSR count). The Bertz CT molecular complexity index is 268. The molecular weight excluding hydrogens is 190 g/mol. The first-order chi connectivity index (χ1) is 7.31. The van der Waals surface area contributed by atoms with E-state index in [4.69, 9.17) is 5.11 Å². The molecule has 0 radical (unpaired) electrons. The van der Waals surface area contributed by atoms with E-state index in [-0.39, 0.29) is 6.61 Å². The SMILES string of the molecule is CCCN(CCC)c1ccc(CO)nn1. The van der Waals surface area contributed by atoms with E-state index in [1.807, 2.05) is 12.1 Å². The number of aromatic nitrogens is 2. The zero-order valence-electron chi connectivity index (χ0n) is 9.48. The molecule has 84 valence electrons. The standard InChI is InChI=1S/C11H19N3O/c1-3-7-14(8-4-2)11-6-5-10(9-15)12-13-11/h5-6,15H,3-4,7-9H2,1-2H3. The number of hydrogen-bond donors (Lipinski definition) is 1. The van der Waals surface area contributed by atoms with Crippen LogP contribution in [-0.4, -0.2) is 28.4 Å². The predicted octanol–water partition coefficient (Wildman–Crippen LogP) is 1.60. The zero-order valence-corrected chi connectivity index (χ0v) is 9.48. The molecular formula is C11H19N3O. The second kappa shape index (κ2) is 6.35. The van der Waals surface area contributed by atoms with Gasteiger partial charge in [0.2, 0.25) is 0 Å². The van der Waals surface area contributed by atoms with Crippen molar-refractivity contribution >= 4 is 5.82 Å². The van der Waals surface area contributed by atoms with Crippen LogP contribution in [0.2, 0.25) is 0 Å². The summed E-state index contributed by atoms with van der Waals surface area (Å²) in [7, 11) is 0. The number of anilines is 1. The van der Waals surface area contributed by atoms with E-state index in [1.54, 1.807) is 0 Å². The minimum absolute atomic E-state index is 0.0468. The van der Waals surface area contributed by atoms with Gasteiger partial charge in [0.1, 0.15) is 0 Å². The van der Waals surface area contributed by atoms with Crippen molar-refractivity contribution in [2.24, 2.45) is 0 Å². The fourth-order valence-electron chi connectivity index (χ4n) is 1.49. The minimum Gasteiger partial charge on any atom is -0.390 e. The van der Waals surface area contributed by atoms with Crippen molar-refractivity contribution in [1.82, 2.24) is 10.2 Å². The molecule has 0 aliphatic heterocycles. The Kier molecular flexibility index (Phi) is 5.04. The van der Waals surface area contributed by atoms with Gasteiger partial charge in [0.15, 0.2) is 5.82 Å². The summed E-state index contributed by atoms with van der Waals surface area (Å²) < 4.78 is 0. The lowest BCUT2D eigenvalue weighted by molar-refractivity contribution is 0.275. The van der Waals surface area contributed by atoms with Crippen LogP contribution >= 0.6 is 0 Å². The summed E-state index contributed by atoms with van der Waals surface area (Å²) in [4.78, 5) is 2.22. The Hall–Kier alpha value is -1.16. The number of nitrogens with zero attached hydrogens (tertiary/aromatic N) is 3. The van der Waals surface area contributed by atoms with Crippen LogP contribution in [0, 0.1) is 0 Å². The molecule has 0 atom stereocenters. The van der Waals surface area contributed by atoms with Crippen molar-refractivity contribution in [1.29, 1.82) is 0 Å². The molecule has 0 amide bonds. The van der Waals surface area contributed by atoms with Gasteiger partial charge >= 0.3 is 0 Å². The molecule has 15 heavy (non-hydrogen) atoms. The van der Waals surface area contributed by atoms with Crippen LogP contribution in [0.3, 0.4) is 0 Å². The molecule has 0 aliphatic rings. The molecule has 4 nitrogen and oxygen atoms in total. The van der Waals surface area contributed by atoms with Gasteiger partial charge in [0.25, 0.3) is 0 Å². The van der Waals surface area contributed by atoms with Gasteiger partial charge in [-0.25, -0.2) is 0 Å². The van der Waals surface area contributed by atoms with Crippen LogP contribution in [0.15, 0.2) is 12.1 Å². The summed E-state index contributed by atoms with van der Waals surface area (Å²) in [5.41, 5.74) is 0.617. The first kappa shape index (κ1) is 11.9. The largest absolute Gasteiger partial charge is 0.390 e. The van der Waals surface area contributed by atoms with Crippen molar-refractivity contribution in [3.63, 3.8) is 0 Å². The quantitative estimate of drug-likeness (QED) is 0.773. The van der Waals surface area contributed by atoms with Gasteiger partial charge in [0, 0.05) is 13.1 Å². The zero-order chi connectivity index (χ0) is 11.1. The molecule has 1 N–H and O–H groups in total. The lowest BCUT2D eigenvalue weighted by Gasteiger charge is -2.21. The second-order valence-electron chi connectivity index (χ2n) is 3.53. The van der Waals surface area contributed by atoms with Crippen LogP contribution in [0.25, 0.3) is 0 Å². The lowest BCUT2D eigenvalue weighted by Crippen LogP contribution is -2.26. The van der Waals surface area contributed by atoms with E-state index in [9.17, 15) is 0 Å². The van der Waals surface area contributed by atoms with E-state index in [1.165, 1.54) is 0 Å². The monoisotopic (exact) mass is 209 g/mol. The van der Waals surface area contributed by atoms with E-state index in [0.29, 0.717) is 5.69 Å². The van der Waals surface area contributed by atoms with E-state index >= 15 is 0 Å². The summed E-state index contributed by atoms with van der Waals surface area (Å²) in [6.45, 7) is 6.26. The Balaban J connectivity index is 2.72. The predicted molar refractivity (Wildman–Crippen MR) is 60.7 cm³/mol. The van der Waals surface area contributed by atoms with Gasteiger partial charge in [-0.15, -0.1) is 5.10 Å². The maximum absolute atomic E-state index is 8.86. The van der Waals surface area contributed by atoms with Crippen molar-refractivity contribution in [3.05, 3.63) is 17.8 Å². The van der Waals surface area contributed by atoms with Crippen LogP contribution in [0.5, 0.6) is 0 Å². The molecule has 0 spiro atoms. The Morgan fingerprint density at radius 1 is 1.13 bits per heavy atom. The van der Waals surface area contributed by atoms with Gasteiger partial charge in [-0.1, -0.05) is 13.8 Å². The highest BCUT2D eigenvalue weighted by Crippen LogP contribution is 2.10. The van der Waals surface area contributed by atoms with Crippen molar-refractivity contribution in [2.75, 3.05) is 18.0 Å². The van der Waals surface area contributed by atoms with Gasteiger partial charge in [0.05, 0.1) is 12.3 Å². The summed E-state index contributed by atoms with van der Waals surface area (Å²) >= 11 is 0. The Morgan fingerprint density at radius 3 is 2.20 bits per heavy atom. The van der Waals surface area contributed by atoms with E-state index in [0.717, 1.165) is 31.7 Å². The van der Waals surface area contributed by atoms with Crippen LogP contribution in [-0.2, 0) is 6.61 Å². The molecule has 0 aliphatic carbocycles. The second-order valence-corrected chi connectivity index (χ2v) is 3.53. The smallest absolute Gasteiger partial charge is 0.151 e. The van der Waals surface area contributed by atoms with Gasteiger partial charge in [-0.3, -0.25) is 0 Å². The average Bonchev–Trinajstić information content (AvgIpc) is 2.29. The molecule has 0 saturated heterocycles. The highest BCUT2D eigenvalue weighted by atomic mass is 16.3. The third-order valence-corrected chi connectivity index (χ3v) is 2.18. The summed E-state index contributed by atoms with van der Waals surface area (Å²) in [6, 6.07) is 3.74. The fourth-order valence-corrected chi connectivity index (χ4v) is 1.49. The van der Waals surface area contributed by atoms with Crippen LogP contribution < -0.4 is 4.90 Å². The normalized spacial score (nSPS) is 10.3. The fraction of sp³-hybridized carbons (Fsp3) is 0.636. The van der Waals surface area contributed by atoms with E-state index in [2.05, 4.69) is 28.9 Å². The summed E-state index contributed by atoms with van der Waals surface area (Å²) in [5.74, 6) is 0.899. The molecule has 0 aromatic carbocycles. The van der Waals surface area contributed by atoms with E-state index < -0.39 is 0 Å². The topological polar surface area (TPSA) is 49.2 Å². The van der Waals surface area contributed by atoms with Crippen molar-refractivity contribution in [3.8, 4) is 0 Å². The molecule has 1 aromatic heterocycles. The van der Waals surface area contributed by atoms with Crippen LogP contribution in [0.1, 0.15) is 32.4 Å². The first-order valence-electron chi connectivity index (χ1n) is 5.50. The number of aliphatic hydroxyl groups excluding tert-OH is 1. The Morgan fingerprint density at radius 2 is 1.80 bits per heavy atom. The highest BCUT2D eigenvalue weighted by Gasteiger charge is 2.06. The highest BCUT2D eigenvalue weighted by molar-refractivity contribution is 5.36. The molecule has 0 bridgehead atoms. The first-order valence-corrected chi connectivity index (χ1v) is 5.50. The maximum atomic E-state index is 8.86. The van der Waals surface area contributed by atoms with Crippen molar-refractivity contribution < 1.29 is 5.11 Å². The lowest BCUT2D eigenvalue weighted by atomic mass is 10.3. The molecule has 4 heteroatoms. The summed E-state index contributed by atoms with van der Waals surface area (Å²) in [5, 5.41) is 16.9. The maximum Gasteiger partial charge on any atom is 0.151 e. The van der Waals surface area contributed by atoms with Crippen LogP contribution in [0.4, 0.5) is 5.82 Å². The van der Waals surface area contributed by atoms with Gasteiger partial charge in [-0.2, -0.15) is 5.10 Å². The van der Waals surface area contributed by atoms with Gasteiger partial charge < -0.3 is 10.0 Å².